The zero-order valence-corrected chi connectivity index (χ0v) is 13.6. The monoisotopic (exact) mass is 335 g/mol. The van der Waals surface area contributed by atoms with Gasteiger partial charge < -0.3 is 19.9 Å². The first-order valence-corrected chi connectivity index (χ1v) is 7.41. The molecule has 1 unspecified atom stereocenters. The number of rotatable bonds is 6. The molecule has 0 heterocycles. The molecule has 0 aliphatic rings. The summed E-state index contributed by atoms with van der Waals surface area (Å²) in [6, 6.07) is 11.9. The molecule has 2 aromatic rings. The van der Waals surface area contributed by atoms with E-state index in [1.165, 1.54) is 14.2 Å². The molecule has 23 heavy (non-hydrogen) atoms. The molecule has 0 aromatic heterocycles. The summed E-state index contributed by atoms with van der Waals surface area (Å²) >= 11 is 6.22. The molecule has 0 aliphatic carbocycles. The number of aromatic hydroxyl groups is 1. The zero-order chi connectivity index (χ0) is 16.8. The van der Waals surface area contributed by atoms with Crippen LogP contribution in [-0.2, 0) is 11.3 Å². The lowest BCUT2D eigenvalue weighted by molar-refractivity contribution is -0.121. The van der Waals surface area contributed by atoms with Gasteiger partial charge in [0.05, 0.1) is 14.2 Å². The van der Waals surface area contributed by atoms with Gasteiger partial charge in [-0.3, -0.25) is 4.79 Å². The molecular weight excluding hydrogens is 318 g/mol. The Morgan fingerprint density at radius 2 is 1.87 bits per heavy atom. The highest BCUT2D eigenvalue weighted by Crippen LogP contribution is 2.32. The summed E-state index contributed by atoms with van der Waals surface area (Å²) in [7, 11) is 3.05. The molecule has 2 rings (SSSR count). The van der Waals surface area contributed by atoms with E-state index in [9.17, 15) is 9.90 Å². The molecular formula is C17H18ClNO4. The highest BCUT2D eigenvalue weighted by molar-refractivity contribution is 6.30. The number of carbonyl (C=O) groups is 1. The molecule has 122 valence electrons. The van der Waals surface area contributed by atoms with Crippen molar-refractivity contribution >= 4 is 17.5 Å². The number of phenolic OH excluding ortho intramolecular Hbond substituents is 1. The lowest BCUT2D eigenvalue weighted by Gasteiger charge is -2.14. The molecule has 0 saturated carbocycles. The van der Waals surface area contributed by atoms with Crippen LogP contribution in [-0.4, -0.2) is 25.2 Å². The number of carbonyl (C=O) groups excluding carboxylic acids is 1. The van der Waals surface area contributed by atoms with Crippen LogP contribution in [0.5, 0.6) is 17.2 Å². The maximum atomic E-state index is 12.2. The third kappa shape index (κ3) is 4.07. The Morgan fingerprint density at radius 3 is 2.52 bits per heavy atom. The van der Waals surface area contributed by atoms with Crippen LogP contribution in [0.4, 0.5) is 0 Å². The van der Waals surface area contributed by atoms with Crippen LogP contribution >= 0.6 is 11.6 Å². The summed E-state index contributed by atoms with van der Waals surface area (Å²) in [4.78, 5) is 12.2. The van der Waals surface area contributed by atoms with E-state index in [4.69, 9.17) is 21.1 Å². The third-order valence-electron chi connectivity index (χ3n) is 3.38. The van der Waals surface area contributed by atoms with E-state index in [1.54, 1.807) is 42.5 Å². The highest BCUT2D eigenvalue weighted by Gasteiger charge is 2.19. The molecule has 0 fully saturated rings. The molecule has 1 amide bonds. The van der Waals surface area contributed by atoms with Gasteiger partial charge in [-0.25, -0.2) is 0 Å². The summed E-state index contributed by atoms with van der Waals surface area (Å²) in [5.74, 6) is 0.839. The second-order valence-corrected chi connectivity index (χ2v) is 5.26. The van der Waals surface area contributed by atoms with Gasteiger partial charge in [0.15, 0.2) is 11.5 Å². The van der Waals surface area contributed by atoms with E-state index in [1.807, 2.05) is 0 Å². The SMILES string of the molecule is COc1ccc(C(Cl)C(=O)NCc2ccccc2O)cc1OC. The van der Waals surface area contributed by atoms with Crippen LogP contribution in [0.3, 0.4) is 0 Å². The summed E-state index contributed by atoms with van der Waals surface area (Å²) < 4.78 is 10.4. The van der Waals surface area contributed by atoms with Gasteiger partial charge in [-0.2, -0.15) is 0 Å². The lowest BCUT2D eigenvalue weighted by atomic mass is 10.1. The number of halogens is 1. The topological polar surface area (TPSA) is 67.8 Å². The average Bonchev–Trinajstić information content (AvgIpc) is 2.59. The van der Waals surface area contributed by atoms with E-state index in [2.05, 4.69) is 5.32 Å². The van der Waals surface area contributed by atoms with Crippen LogP contribution in [0.1, 0.15) is 16.5 Å². The van der Waals surface area contributed by atoms with E-state index in [-0.39, 0.29) is 18.2 Å². The maximum absolute atomic E-state index is 12.2. The van der Waals surface area contributed by atoms with Gasteiger partial charge in [0.25, 0.3) is 0 Å². The molecule has 1 atom stereocenters. The Morgan fingerprint density at radius 1 is 1.17 bits per heavy atom. The largest absolute Gasteiger partial charge is 0.508 e. The smallest absolute Gasteiger partial charge is 0.242 e. The molecule has 0 aliphatic heterocycles. The minimum absolute atomic E-state index is 0.130. The Bertz CT molecular complexity index is 690. The van der Waals surface area contributed by atoms with Crippen molar-refractivity contribution in [3.63, 3.8) is 0 Å². The van der Waals surface area contributed by atoms with Crippen molar-refractivity contribution in [2.24, 2.45) is 0 Å². The van der Waals surface area contributed by atoms with Crippen molar-refractivity contribution in [3.05, 3.63) is 53.6 Å². The normalized spacial score (nSPS) is 11.6. The Kier molecular flexibility index (Phi) is 5.71. The third-order valence-corrected chi connectivity index (χ3v) is 3.83. The van der Waals surface area contributed by atoms with Crippen molar-refractivity contribution in [1.29, 1.82) is 0 Å². The summed E-state index contributed by atoms with van der Waals surface area (Å²) in [6.45, 7) is 0.196. The van der Waals surface area contributed by atoms with Gasteiger partial charge in [0.2, 0.25) is 5.91 Å². The first-order chi connectivity index (χ1) is 11.1. The predicted molar refractivity (Wildman–Crippen MR) is 88.1 cm³/mol. The molecule has 0 radical (unpaired) electrons. The minimum atomic E-state index is -0.874. The number of ether oxygens (including phenoxy) is 2. The molecule has 0 spiro atoms. The predicted octanol–water partition coefficient (Wildman–Crippen LogP) is 3.01. The summed E-state index contributed by atoms with van der Waals surface area (Å²) in [5.41, 5.74) is 1.22. The van der Waals surface area contributed by atoms with E-state index < -0.39 is 5.38 Å². The van der Waals surface area contributed by atoms with E-state index in [0.29, 0.717) is 22.6 Å². The fourth-order valence-corrected chi connectivity index (χ4v) is 2.31. The molecule has 5 nitrogen and oxygen atoms in total. The van der Waals surface area contributed by atoms with Crippen LogP contribution in [0.15, 0.2) is 42.5 Å². The molecule has 6 heteroatoms. The highest BCUT2D eigenvalue weighted by atomic mass is 35.5. The first kappa shape index (κ1) is 17.0. The Labute approximate surface area is 139 Å². The van der Waals surface area contributed by atoms with Gasteiger partial charge >= 0.3 is 0 Å². The number of phenols is 1. The van der Waals surface area contributed by atoms with Crippen LogP contribution in [0, 0.1) is 0 Å². The zero-order valence-electron chi connectivity index (χ0n) is 12.9. The Balaban J connectivity index is 2.06. The fourth-order valence-electron chi connectivity index (χ4n) is 2.09. The van der Waals surface area contributed by atoms with Crippen LogP contribution in [0.2, 0.25) is 0 Å². The van der Waals surface area contributed by atoms with Gasteiger partial charge in [0.1, 0.15) is 11.1 Å². The van der Waals surface area contributed by atoms with Gasteiger partial charge in [-0.05, 0) is 23.8 Å². The second-order valence-electron chi connectivity index (χ2n) is 4.82. The number of alkyl halides is 1. The number of benzene rings is 2. The number of nitrogens with one attached hydrogen (secondary N) is 1. The summed E-state index contributed by atoms with van der Waals surface area (Å²) in [6.07, 6.45) is 0. The Hall–Kier alpha value is -2.40. The maximum Gasteiger partial charge on any atom is 0.242 e. The second kappa shape index (κ2) is 7.74. The van der Waals surface area contributed by atoms with Gasteiger partial charge in [0, 0.05) is 12.1 Å². The molecule has 2 N–H and O–H groups in total. The number of hydrogen-bond donors (Lipinski definition) is 2. The van der Waals surface area contributed by atoms with Crippen LogP contribution in [0.25, 0.3) is 0 Å². The number of para-hydroxylation sites is 1. The molecule has 0 saturated heterocycles. The lowest BCUT2D eigenvalue weighted by Crippen LogP contribution is -2.26. The fraction of sp³-hybridized carbons (Fsp3) is 0.235. The standard InChI is InChI=1S/C17H18ClNO4/c1-22-14-8-7-11(9-15(14)23-2)16(18)17(21)19-10-12-5-3-4-6-13(12)20/h3-9,16,20H,10H2,1-2H3,(H,19,21). The minimum Gasteiger partial charge on any atom is -0.508 e. The average molecular weight is 336 g/mol. The quantitative estimate of drug-likeness (QED) is 0.796. The first-order valence-electron chi connectivity index (χ1n) is 6.97. The van der Waals surface area contributed by atoms with Crippen molar-refractivity contribution < 1.29 is 19.4 Å². The van der Waals surface area contributed by atoms with E-state index in [0.717, 1.165) is 0 Å². The molecule has 2 aromatic carbocycles. The number of hydrogen-bond acceptors (Lipinski definition) is 4. The van der Waals surface area contributed by atoms with Gasteiger partial charge in [-0.1, -0.05) is 24.3 Å². The van der Waals surface area contributed by atoms with Crippen molar-refractivity contribution in [1.82, 2.24) is 5.32 Å². The van der Waals surface area contributed by atoms with Crippen molar-refractivity contribution in [3.8, 4) is 17.2 Å². The van der Waals surface area contributed by atoms with Crippen molar-refractivity contribution in [2.75, 3.05) is 14.2 Å². The molecule has 0 bridgehead atoms. The van der Waals surface area contributed by atoms with Gasteiger partial charge in [-0.15, -0.1) is 11.6 Å². The van der Waals surface area contributed by atoms with Crippen molar-refractivity contribution in [2.45, 2.75) is 11.9 Å². The number of methoxy groups -OCH3 is 2. The summed E-state index contributed by atoms with van der Waals surface area (Å²) in [5, 5.41) is 11.5. The van der Waals surface area contributed by atoms with E-state index >= 15 is 0 Å². The number of amides is 1. The van der Waals surface area contributed by atoms with Crippen LogP contribution < -0.4 is 14.8 Å².